The van der Waals surface area contributed by atoms with Gasteiger partial charge in [0.1, 0.15) is 11.4 Å². The summed E-state index contributed by atoms with van der Waals surface area (Å²) in [6.07, 6.45) is 2.74. The third-order valence-electron chi connectivity index (χ3n) is 5.00. The van der Waals surface area contributed by atoms with Crippen molar-refractivity contribution in [1.29, 1.82) is 0 Å². The fourth-order valence-electron chi connectivity index (χ4n) is 3.70. The first-order chi connectivity index (χ1) is 12.0. The van der Waals surface area contributed by atoms with Crippen molar-refractivity contribution in [2.75, 3.05) is 11.9 Å². The Balaban J connectivity index is 1.59. The quantitative estimate of drug-likeness (QED) is 0.892. The van der Waals surface area contributed by atoms with Gasteiger partial charge >= 0.3 is 0 Å². The lowest BCUT2D eigenvalue weighted by Gasteiger charge is -2.27. The van der Waals surface area contributed by atoms with E-state index < -0.39 is 11.4 Å². The van der Waals surface area contributed by atoms with Crippen LogP contribution in [0.25, 0.3) is 0 Å². The second kappa shape index (κ2) is 5.54. The van der Waals surface area contributed by atoms with Crippen molar-refractivity contribution in [1.82, 2.24) is 9.88 Å². The smallest absolute Gasteiger partial charge is 0.255 e. The van der Waals surface area contributed by atoms with Gasteiger partial charge in [-0.1, -0.05) is 6.07 Å². The minimum absolute atomic E-state index is 0.104. The van der Waals surface area contributed by atoms with E-state index in [1.54, 1.807) is 11.0 Å². The van der Waals surface area contributed by atoms with Gasteiger partial charge in [-0.3, -0.25) is 14.4 Å². The molecule has 2 aromatic rings. The van der Waals surface area contributed by atoms with Crippen LogP contribution >= 0.6 is 0 Å². The maximum Gasteiger partial charge on any atom is 0.255 e. The molecule has 0 radical (unpaired) electrons. The summed E-state index contributed by atoms with van der Waals surface area (Å²) >= 11 is 0. The molecule has 1 aromatic heterocycles. The first-order valence-corrected chi connectivity index (χ1v) is 8.08. The molecule has 1 saturated carbocycles. The molecule has 2 aliphatic rings. The molecule has 6 nitrogen and oxygen atoms in total. The monoisotopic (exact) mass is 341 g/mol. The Kier molecular flexibility index (Phi) is 3.45. The predicted octanol–water partition coefficient (Wildman–Crippen LogP) is 1.76. The molecule has 0 spiro atoms. The van der Waals surface area contributed by atoms with Crippen molar-refractivity contribution >= 4 is 17.5 Å². The molecule has 2 heterocycles. The molecule has 2 unspecified atom stereocenters. The number of anilines is 1. The summed E-state index contributed by atoms with van der Waals surface area (Å²) in [7, 11) is 0. The first kappa shape index (κ1) is 15.6. The molecule has 1 aliphatic heterocycles. The van der Waals surface area contributed by atoms with Crippen molar-refractivity contribution in [3.05, 3.63) is 64.3 Å². The number of benzene rings is 1. The number of nitrogens with one attached hydrogen (secondary N) is 2. The molecule has 1 saturated heterocycles. The zero-order valence-electron chi connectivity index (χ0n) is 13.3. The number of halogens is 1. The number of likely N-dealkylation sites (tertiary alicyclic amines) is 1. The zero-order chi connectivity index (χ0) is 17.6. The number of hydrogen-bond donors (Lipinski definition) is 2. The molecule has 2 N–H and O–H groups in total. The van der Waals surface area contributed by atoms with Crippen LogP contribution in [0.3, 0.4) is 0 Å². The van der Waals surface area contributed by atoms with Gasteiger partial charge < -0.3 is 15.2 Å². The number of piperidine rings is 1. The van der Waals surface area contributed by atoms with Crippen LogP contribution in [-0.4, -0.2) is 33.8 Å². The Hall–Kier alpha value is -2.96. The fourth-order valence-corrected chi connectivity index (χ4v) is 3.70. The zero-order valence-corrected chi connectivity index (χ0v) is 13.3. The number of aromatic amines is 1. The Morgan fingerprint density at radius 3 is 2.84 bits per heavy atom. The Bertz CT molecular complexity index is 926. The summed E-state index contributed by atoms with van der Waals surface area (Å²) in [4.78, 5) is 41.1. The van der Waals surface area contributed by atoms with Crippen molar-refractivity contribution in [2.45, 2.75) is 18.4 Å². The Morgan fingerprint density at radius 1 is 1.28 bits per heavy atom. The third kappa shape index (κ3) is 2.52. The number of pyridine rings is 1. The second-order valence-corrected chi connectivity index (χ2v) is 6.48. The van der Waals surface area contributed by atoms with Crippen molar-refractivity contribution in [3.63, 3.8) is 0 Å². The van der Waals surface area contributed by atoms with E-state index in [4.69, 9.17) is 0 Å². The van der Waals surface area contributed by atoms with Crippen molar-refractivity contribution < 1.29 is 14.0 Å². The summed E-state index contributed by atoms with van der Waals surface area (Å²) < 4.78 is 13.3. The highest BCUT2D eigenvalue weighted by atomic mass is 19.1. The minimum Gasteiger partial charge on any atom is -0.329 e. The number of H-pyrrole nitrogens is 1. The van der Waals surface area contributed by atoms with Crippen LogP contribution in [0.4, 0.5) is 10.1 Å². The molecule has 25 heavy (non-hydrogen) atoms. The number of amides is 2. The summed E-state index contributed by atoms with van der Waals surface area (Å²) in [5.74, 6) is -0.975. The Labute approximate surface area is 142 Å². The number of nitrogens with zero attached hydrogens (tertiary/aromatic N) is 1. The van der Waals surface area contributed by atoms with Gasteiger partial charge in [-0.2, -0.15) is 0 Å². The highest BCUT2D eigenvalue weighted by Crippen LogP contribution is 2.56. The normalized spacial score (nSPS) is 23.9. The SMILES string of the molecule is O=C(c1cc[nH]c(=O)c1)N1CCC2CC21C(=O)Nc1cccc(F)c1. The molecule has 4 rings (SSSR count). The van der Waals surface area contributed by atoms with Crippen molar-refractivity contribution in [3.8, 4) is 0 Å². The summed E-state index contributed by atoms with van der Waals surface area (Å²) in [6.45, 7) is 0.465. The lowest BCUT2D eigenvalue weighted by atomic mass is 10.1. The Morgan fingerprint density at radius 2 is 2.12 bits per heavy atom. The topological polar surface area (TPSA) is 82.3 Å². The molecule has 1 aliphatic carbocycles. The van der Waals surface area contributed by atoms with E-state index in [-0.39, 0.29) is 28.9 Å². The first-order valence-electron chi connectivity index (χ1n) is 8.08. The number of carbonyl (C=O) groups is 2. The highest BCUT2D eigenvalue weighted by molar-refractivity contribution is 6.06. The van der Waals surface area contributed by atoms with Crippen LogP contribution in [0.5, 0.6) is 0 Å². The largest absolute Gasteiger partial charge is 0.329 e. The number of fused-ring (bicyclic) bond motifs is 1. The minimum atomic E-state index is -0.897. The van der Waals surface area contributed by atoms with Gasteiger partial charge in [-0.05, 0) is 43.0 Å². The number of hydrogen-bond acceptors (Lipinski definition) is 3. The summed E-state index contributed by atoms with van der Waals surface area (Å²) in [5, 5.41) is 2.71. The molecule has 2 amide bonds. The van der Waals surface area contributed by atoms with Crippen LogP contribution in [0, 0.1) is 11.7 Å². The lowest BCUT2D eigenvalue weighted by Crippen LogP contribution is -2.48. The van der Waals surface area contributed by atoms with Gasteiger partial charge in [0.05, 0.1) is 0 Å². The average Bonchev–Trinajstić information content (AvgIpc) is 3.20. The molecule has 1 aromatic carbocycles. The average molecular weight is 341 g/mol. The van der Waals surface area contributed by atoms with Gasteiger partial charge in [0, 0.05) is 30.1 Å². The molecule has 7 heteroatoms. The van der Waals surface area contributed by atoms with E-state index >= 15 is 0 Å². The van der Waals surface area contributed by atoms with Crippen LogP contribution in [0.2, 0.25) is 0 Å². The van der Waals surface area contributed by atoms with Gasteiger partial charge in [0.15, 0.2) is 0 Å². The molecule has 0 bridgehead atoms. The fraction of sp³-hybridized carbons (Fsp3) is 0.278. The number of aromatic nitrogens is 1. The van der Waals surface area contributed by atoms with E-state index in [0.717, 1.165) is 6.42 Å². The number of carbonyl (C=O) groups excluding carboxylic acids is 2. The second-order valence-electron chi connectivity index (χ2n) is 6.48. The predicted molar refractivity (Wildman–Crippen MR) is 88.6 cm³/mol. The summed E-state index contributed by atoms with van der Waals surface area (Å²) in [5.41, 5.74) is -0.642. The standard InChI is InChI=1S/C18H16FN3O3/c19-13-2-1-3-14(9-13)21-17(25)18-10-12(18)5-7-22(18)16(24)11-4-6-20-15(23)8-11/h1-4,6,8-9,12H,5,7,10H2,(H,20,23)(H,21,25). The van der Waals surface area contributed by atoms with E-state index in [0.29, 0.717) is 18.7 Å². The van der Waals surface area contributed by atoms with Crippen LogP contribution < -0.4 is 10.9 Å². The molecule has 2 atom stereocenters. The molecule has 2 fully saturated rings. The van der Waals surface area contributed by atoms with Gasteiger partial charge in [0.2, 0.25) is 5.56 Å². The third-order valence-corrected chi connectivity index (χ3v) is 5.00. The van der Waals surface area contributed by atoms with E-state index in [1.165, 1.54) is 36.5 Å². The molecule has 128 valence electrons. The lowest BCUT2D eigenvalue weighted by molar-refractivity contribution is -0.121. The molecular formula is C18H16FN3O3. The summed E-state index contributed by atoms with van der Waals surface area (Å²) in [6, 6.07) is 8.41. The molecular weight excluding hydrogens is 325 g/mol. The van der Waals surface area contributed by atoms with Crippen LogP contribution in [-0.2, 0) is 4.79 Å². The van der Waals surface area contributed by atoms with Gasteiger partial charge in [-0.15, -0.1) is 0 Å². The van der Waals surface area contributed by atoms with Crippen LogP contribution in [0.1, 0.15) is 23.2 Å². The van der Waals surface area contributed by atoms with E-state index in [2.05, 4.69) is 10.3 Å². The maximum atomic E-state index is 13.3. The van der Waals surface area contributed by atoms with Gasteiger partial charge in [0.25, 0.3) is 11.8 Å². The highest BCUT2D eigenvalue weighted by Gasteiger charge is 2.68. The van der Waals surface area contributed by atoms with Crippen LogP contribution in [0.15, 0.2) is 47.4 Å². The number of rotatable bonds is 3. The van der Waals surface area contributed by atoms with E-state index in [9.17, 15) is 18.8 Å². The maximum absolute atomic E-state index is 13.3. The van der Waals surface area contributed by atoms with E-state index in [1.807, 2.05) is 0 Å². The van der Waals surface area contributed by atoms with Crippen molar-refractivity contribution in [2.24, 2.45) is 5.92 Å². The van der Waals surface area contributed by atoms with Gasteiger partial charge in [-0.25, -0.2) is 4.39 Å².